The van der Waals surface area contributed by atoms with Gasteiger partial charge in [0.25, 0.3) is 5.69 Å². The molecule has 6 heteroatoms. The lowest BCUT2D eigenvalue weighted by Crippen LogP contribution is -2.08. The molecule has 78 valence electrons. The van der Waals surface area contributed by atoms with Gasteiger partial charge in [-0.3, -0.25) is 10.1 Å². The van der Waals surface area contributed by atoms with Gasteiger partial charge in [0, 0.05) is 10.5 Å². The average Bonchev–Trinajstić information content (AvgIpc) is 2.16. The summed E-state index contributed by atoms with van der Waals surface area (Å²) in [6.07, 6.45) is -0.640. The first-order valence-corrected chi connectivity index (χ1v) is 4.83. The maximum Gasteiger partial charge on any atom is 0.274 e. The van der Waals surface area contributed by atoms with E-state index in [1.54, 1.807) is 13.0 Å². The number of nitrogens with zero attached hydrogens (tertiary/aromatic N) is 2. The van der Waals surface area contributed by atoms with Crippen molar-refractivity contribution in [3.63, 3.8) is 0 Å². The fourth-order valence-electron chi connectivity index (χ4n) is 0.952. The third-order valence-corrected chi connectivity index (χ3v) is 2.02. The van der Waals surface area contributed by atoms with Crippen LogP contribution in [0.1, 0.15) is 6.92 Å². The minimum absolute atomic E-state index is 0.0792. The summed E-state index contributed by atoms with van der Waals surface area (Å²) < 4.78 is 5.68. The van der Waals surface area contributed by atoms with E-state index in [-0.39, 0.29) is 5.69 Å². The summed E-state index contributed by atoms with van der Waals surface area (Å²) in [5.41, 5.74) is -0.0792. The van der Waals surface area contributed by atoms with Crippen LogP contribution in [0.4, 0.5) is 5.69 Å². The SMILES string of the molecule is CC(C#N)Oc1cc(Br)cc([N+](=O)[O-])c1. The highest BCUT2D eigenvalue weighted by Crippen LogP contribution is 2.26. The van der Waals surface area contributed by atoms with Crippen LogP contribution in [0.3, 0.4) is 0 Å². The molecule has 0 heterocycles. The topological polar surface area (TPSA) is 76.2 Å². The molecule has 0 aliphatic carbocycles. The molecule has 1 rings (SSSR count). The molecule has 1 unspecified atom stereocenters. The highest BCUT2D eigenvalue weighted by molar-refractivity contribution is 9.10. The molecule has 0 aromatic heterocycles. The third-order valence-electron chi connectivity index (χ3n) is 1.56. The third kappa shape index (κ3) is 3.22. The van der Waals surface area contributed by atoms with Crippen molar-refractivity contribution in [2.75, 3.05) is 0 Å². The normalized spacial score (nSPS) is 11.5. The molecule has 0 amide bonds. The van der Waals surface area contributed by atoms with Crippen LogP contribution in [0.25, 0.3) is 0 Å². The molecule has 0 spiro atoms. The fraction of sp³-hybridized carbons (Fsp3) is 0.222. The van der Waals surface area contributed by atoms with Crippen molar-refractivity contribution in [3.8, 4) is 11.8 Å². The number of benzene rings is 1. The molecule has 1 aromatic carbocycles. The summed E-state index contributed by atoms with van der Waals surface area (Å²) in [4.78, 5) is 10.0. The Balaban J connectivity index is 3.00. The number of nitro groups is 1. The van der Waals surface area contributed by atoms with Crippen LogP contribution in [0.2, 0.25) is 0 Å². The Morgan fingerprint density at radius 2 is 2.27 bits per heavy atom. The van der Waals surface area contributed by atoms with E-state index in [9.17, 15) is 10.1 Å². The van der Waals surface area contributed by atoms with Crippen LogP contribution >= 0.6 is 15.9 Å². The van der Waals surface area contributed by atoms with Crippen molar-refractivity contribution in [1.82, 2.24) is 0 Å². The number of rotatable bonds is 3. The maximum atomic E-state index is 10.5. The quantitative estimate of drug-likeness (QED) is 0.625. The van der Waals surface area contributed by atoms with Gasteiger partial charge in [0.1, 0.15) is 11.8 Å². The Bertz CT molecular complexity index is 428. The number of halogens is 1. The van der Waals surface area contributed by atoms with Gasteiger partial charge < -0.3 is 4.74 Å². The molecule has 0 saturated carbocycles. The van der Waals surface area contributed by atoms with E-state index in [0.717, 1.165) is 0 Å². The molecule has 0 N–H and O–H groups in total. The van der Waals surface area contributed by atoms with Crippen molar-refractivity contribution >= 4 is 21.6 Å². The lowest BCUT2D eigenvalue weighted by molar-refractivity contribution is -0.385. The van der Waals surface area contributed by atoms with Crippen LogP contribution in [-0.2, 0) is 0 Å². The highest BCUT2D eigenvalue weighted by Gasteiger charge is 2.11. The van der Waals surface area contributed by atoms with Crippen molar-refractivity contribution < 1.29 is 9.66 Å². The first kappa shape index (κ1) is 11.5. The van der Waals surface area contributed by atoms with E-state index in [2.05, 4.69) is 15.9 Å². The lowest BCUT2D eigenvalue weighted by Gasteiger charge is -2.07. The second-order valence-corrected chi connectivity index (χ2v) is 3.71. The summed E-state index contributed by atoms with van der Waals surface area (Å²) in [5.74, 6) is 0.296. The van der Waals surface area contributed by atoms with Crippen LogP contribution < -0.4 is 4.74 Å². The van der Waals surface area contributed by atoms with Crippen molar-refractivity contribution in [2.24, 2.45) is 0 Å². The molecule has 0 aliphatic heterocycles. The number of nitriles is 1. The van der Waals surface area contributed by atoms with Crippen LogP contribution in [-0.4, -0.2) is 11.0 Å². The molecule has 1 aromatic rings. The zero-order chi connectivity index (χ0) is 11.4. The summed E-state index contributed by atoms with van der Waals surface area (Å²) in [6.45, 7) is 1.56. The second-order valence-electron chi connectivity index (χ2n) is 2.79. The van der Waals surface area contributed by atoms with Gasteiger partial charge in [0.05, 0.1) is 11.0 Å². The second kappa shape index (κ2) is 4.75. The van der Waals surface area contributed by atoms with Crippen molar-refractivity contribution in [2.45, 2.75) is 13.0 Å². The van der Waals surface area contributed by atoms with Gasteiger partial charge in [-0.05, 0) is 13.0 Å². The molecule has 15 heavy (non-hydrogen) atoms. The van der Waals surface area contributed by atoms with Gasteiger partial charge in [-0.25, -0.2) is 0 Å². The first-order valence-electron chi connectivity index (χ1n) is 4.04. The Kier molecular flexibility index (Phi) is 3.63. The molecular weight excluding hydrogens is 264 g/mol. The van der Waals surface area contributed by atoms with E-state index in [1.165, 1.54) is 12.1 Å². The molecule has 0 radical (unpaired) electrons. The van der Waals surface area contributed by atoms with E-state index in [4.69, 9.17) is 10.00 Å². The van der Waals surface area contributed by atoms with Crippen LogP contribution in [0, 0.1) is 21.4 Å². The Morgan fingerprint density at radius 3 is 2.80 bits per heavy atom. The van der Waals surface area contributed by atoms with Gasteiger partial charge >= 0.3 is 0 Å². The Morgan fingerprint density at radius 1 is 1.60 bits per heavy atom. The van der Waals surface area contributed by atoms with Crippen LogP contribution in [0.15, 0.2) is 22.7 Å². The number of non-ortho nitro benzene ring substituents is 1. The molecule has 0 aliphatic rings. The van der Waals surface area contributed by atoms with Crippen molar-refractivity contribution in [1.29, 1.82) is 5.26 Å². The Hall–Kier alpha value is -1.61. The molecule has 0 fully saturated rings. The van der Waals surface area contributed by atoms with E-state index in [1.807, 2.05) is 6.07 Å². The van der Waals surface area contributed by atoms with Crippen molar-refractivity contribution in [3.05, 3.63) is 32.8 Å². The van der Waals surface area contributed by atoms with Gasteiger partial charge in [-0.1, -0.05) is 15.9 Å². The molecule has 1 atom stereocenters. The predicted octanol–water partition coefficient (Wildman–Crippen LogP) is 2.65. The predicted molar refractivity (Wildman–Crippen MR) is 56.5 cm³/mol. The average molecular weight is 271 g/mol. The zero-order valence-electron chi connectivity index (χ0n) is 7.81. The minimum Gasteiger partial charge on any atom is -0.476 e. The monoisotopic (exact) mass is 270 g/mol. The Labute approximate surface area is 94.6 Å². The fourth-order valence-corrected chi connectivity index (χ4v) is 1.41. The van der Waals surface area contributed by atoms with Gasteiger partial charge in [-0.2, -0.15) is 5.26 Å². The highest BCUT2D eigenvalue weighted by atomic mass is 79.9. The minimum atomic E-state index is -0.640. The summed E-state index contributed by atoms with van der Waals surface area (Å²) in [5, 5.41) is 19.0. The molecule has 0 saturated heterocycles. The zero-order valence-corrected chi connectivity index (χ0v) is 9.39. The number of nitro benzene ring substituents is 1. The smallest absolute Gasteiger partial charge is 0.274 e. The maximum absolute atomic E-state index is 10.5. The number of hydrogen-bond donors (Lipinski definition) is 0. The molecular formula is C9H7BrN2O3. The van der Waals surface area contributed by atoms with E-state index < -0.39 is 11.0 Å². The standard InChI is InChI=1S/C9H7BrN2O3/c1-6(5-11)15-9-3-7(10)2-8(4-9)12(13)14/h2-4,6H,1H3. The van der Waals surface area contributed by atoms with E-state index >= 15 is 0 Å². The summed E-state index contributed by atoms with van der Waals surface area (Å²) in [6, 6.07) is 6.09. The number of hydrogen-bond acceptors (Lipinski definition) is 4. The largest absolute Gasteiger partial charge is 0.476 e. The summed E-state index contributed by atoms with van der Waals surface area (Å²) >= 11 is 3.13. The molecule has 0 bridgehead atoms. The van der Waals surface area contributed by atoms with Crippen LogP contribution in [0.5, 0.6) is 5.75 Å². The first-order chi connectivity index (χ1) is 7.02. The van der Waals surface area contributed by atoms with Gasteiger partial charge in [-0.15, -0.1) is 0 Å². The summed E-state index contributed by atoms with van der Waals surface area (Å²) in [7, 11) is 0. The molecule has 5 nitrogen and oxygen atoms in total. The number of ether oxygens (including phenoxy) is 1. The van der Waals surface area contributed by atoms with E-state index in [0.29, 0.717) is 10.2 Å². The van der Waals surface area contributed by atoms with Gasteiger partial charge in [0.15, 0.2) is 6.10 Å². The van der Waals surface area contributed by atoms with Gasteiger partial charge in [0.2, 0.25) is 0 Å². The lowest BCUT2D eigenvalue weighted by atomic mass is 10.3.